The first-order valence-electron chi connectivity index (χ1n) is 9.11. The number of thiophene rings is 1. The second-order valence-electron chi connectivity index (χ2n) is 6.41. The Bertz CT molecular complexity index is 1070. The summed E-state index contributed by atoms with van der Waals surface area (Å²) in [7, 11) is 0. The number of hydrogen-bond donors (Lipinski definition) is 0. The normalized spacial score (nSPS) is 11.1. The topological polar surface area (TPSA) is 30.7 Å². The second kappa shape index (κ2) is 8.29. The first-order valence-corrected chi connectivity index (χ1v) is 11.0. The fraction of sp³-hybridized carbons (Fsp3) is 0.182. The van der Waals surface area contributed by atoms with Crippen LogP contribution in [0.4, 0.5) is 4.39 Å². The zero-order valence-electron chi connectivity index (χ0n) is 15.7. The third-order valence-electron chi connectivity index (χ3n) is 4.59. The van der Waals surface area contributed by atoms with Crippen LogP contribution in [0.1, 0.15) is 17.4 Å². The third kappa shape index (κ3) is 3.75. The van der Waals surface area contributed by atoms with Crippen LogP contribution < -0.4 is 0 Å². The molecule has 0 saturated heterocycles. The van der Waals surface area contributed by atoms with E-state index in [1.165, 1.54) is 28.1 Å². The van der Waals surface area contributed by atoms with E-state index in [1.807, 2.05) is 18.2 Å². The quantitative estimate of drug-likeness (QED) is 0.344. The molecule has 0 unspecified atom stereocenters. The van der Waals surface area contributed by atoms with E-state index in [0.717, 1.165) is 34.4 Å². The van der Waals surface area contributed by atoms with Gasteiger partial charge in [0.25, 0.3) is 0 Å². The molecule has 6 heteroatoms. The molecule has 2 aromatic heterocycles. The van der Waals surface area contributed by atoms with Crippen LogP contribution >= 0.6 is 23.1 Å². The average molecular weight is 410 g/mol. The van der Waals surface area contributed by atoms with Crippen molar-refractivity contribution in [3.8, 4) is 22.5 Å². The highest BCUT2D eigenvalue weighted by Crippen LogP contribution is 2.39. The van der Waals surface area contributed by atoms with Crippen molar-refractivity contribution in [1.29, 1.82) is 0 Å². The van der Waals surface area contributed by atoms with Crippen molar-refractivity contribution in [3.05, 3.63) is 76.2 Å². The molecule has 0 aliphatic heterocycles. The van der Waals surface area contributed by atoms with Gasteiger partial charge in [-0.05, 0) is 37.1 Å². The Morgan fingerprint density at radius 1 is 1.04 bits per heavy atom. The summed E-state index contributed by atoms with van der Waals surface area (Å²) in [6, 6.07) is 17.0. The molecular formula is C22H20FN3S2. The summed E-state index contributed by atoms with van der Waals surface area (Å²) in [5.74, 6) is 1.41. The van der Waals surface area contributed by atoms with E-state index in [4.69, 9.17) is 0 Å². The van der Waals surface area contributed by atoms with E-state index in [0.29, 0.717) is 0 Å². The Morgan fingerprint density at radius 2 is 1.79 bits per heavy atom. The first-order chi connectivity index (χ1) is 13.7. The number of benzene rings is 2. The number of nitrogens with zero attached hydrogens (tertiary/aromatic N) is 3. The summed E-state index contributed by atoms with van der Waals surface area (Å²) in [5.41, 5.74) is 4.61. The summed E-state index contributed by atoms with van der Waals surface area (Å²) in [5, 5.41) is 12.0. The third-order valence-corrected chi connectivity index (χ3v) is 6.54. The minimum Gasteiger partial charge on any atom is -0.302 e. The van der Waals surface area contributed by atoms with E-state index >= 15 is 0 Å². The van der Waals surface area contributed by atoms with Gasteiger partial charge < -0.3 is 4.57 Å². The monoisotopic (exact) mass is 409 g/mol. The molecule has 0 amide bonds. The smallest absolute Gasteiger partial charge is 0.191 e. The molecule has 0 fully saturated rings. The van der Waals surface area contributed by atoms with Gasteiger partial charge in [-0.3, -0.25) is 0 Å². The van der Waals surface area contributed by atoms with Gasteiger partial charge in [0.1, 0.15) is 5.82 Å². The van der Waals surface area contributed by atoms with Crippen molar-refractivity contribution < 1.29 is 4.39 Å². The minimum absolute atomic E-state index is 0.214. The molecule has 0 N–H and O–H groups in total. The predicted molar refractivity (Wildman–Crippen MR) is 115 cm³/mol. The van der Waals surface area contributed by atoms with Gasteiger partial charge in [-0.2, -0.15) is 0 Å². The number of rotatable bonds is 6. The molecule has 0 radical (unpaired) electrons. The highest BCUT2D eigenvalue weighted by Gasteiger charge is 2.19. The van der Waals surface area contributed by atoms with Crippen LogP contribution in [0.5, 0.6) is 0 Å². The van der Waals surface area contributed by atoms with Gasteiger partial charge in [-0.1, -0.05) is 54.2 Å². The molecule has 0 atom stereocenters. The maximum absolute atomic E-state index is 13.1. The van der Waals surface area contributed by atoms with Crippen LogP contribution in [0.2, 0.25) is 0 Å². The first kappa shape index (κ1) is 18.9. The molecule has 0 aliphatic rings. The Morgan fingerprint density at radius 3 is 2.50 bits per heavy atom. The Labute approximate surface area is 172 Å². The molecule has 0 aliphatic carbocycles. The summed E-state index contributed by atoms with van der Waals surface area (Å²) in [6.45, 7) is 5.04. The van der Waals surface area contributed by atoms with E-state index in [1.54, 1.807) is 23.1 Å². The molecule has 0 spiro atoms. The highest BCUT2D eigenvalue weighted by molar-refractivity contribution is 7.98. The van der Waals surface area contributed by atoms with Gasteiger partial charge in [0, 0.05) is 33.7 Å². The summed E-state index contributed by atoms with van der Waals surface area (Å²) >= 11 is 3.36. The van der Waals surface area contributed by atoms with Crippen LogP contribution in [-0.4, -0.2) is 14.8 Å². The average Bonchev–Trinajstić information content (AvgIpc) is 3.30. The predicted octanol–water partition coefficient (Wildman–Crippen LogP) is 6.43. The number of thioether (sulfide) groups is 1. The van der Waals surface area contributed by atoms with Crippen LogP contribution in [-0.2, 0) is 12.3 Å². The fourth-order valence-corrected chi connectivity index (χ4v) is 5.01. The fourth-order valence-electron chi connectivity index (χ4n) is 3.19. The van der Waals surface area contributed by atoms with Crippen molar-refractivity contribution >= 4 is 23.1 Å². The zero-order chi connectivity index (χ0) is 19.5. The molecule has 4 aromatic rings. The lowest BCUT2D eigenvalue weighted by atomic mass is 10.0. The van der Waals surface area contributed by atoms with Crippen LogP contribution in [0, 0.1) is 12.7 Å². The Balaban J connectivity index is 1.66. The summed E-state index contributed by atoms with van der Waals surface area (Å²) < 4.78 is 15.3. The second-order valence-corrected chi connectivity index (χ2v) is 8.44. The maximum Gasteiger partial charge on any atom is 0.191 e. The van der Waals surface area contributed by atoms with Crippen LogP contribution in [0.3, 0.4) is 0 Å². The molecule has 2 heterocycles. The van der Waals surface area contributed by atoms with E-state index in [2.05, 4.69) is 58.3 Å². The van der Waals surface area contributed by atoms with Gasteiger partial charge in [-0.15, -0.1) is 21.5 Å². The van der Waals surface area contributed by atoms with Crippen molar-refractivity contribution in [2.24, 2.45) is 0 Å². The summed E-state index contributed by atoms with van der Waals surface area (Å²) in [4.78, 5) is 1.27. The minimum atomic E-state index is -0.214. The molecule has 0 saturated carbocycles. The maximum atomic E-state index is 13.1. The summed E-state index contributed by atoms with van der Waals surface area (Å²) in [6.07, 6.45) is 0. The Kier molecular flexibility index (Phi) is 5.59. The van der Waals surface area contributed by atoms with Gasteiger partial charge in [0.15, 0.2) is 11.0 Å². The van der Waals surface area contributed by atoms with Crippen molar-refractivity contribution in [2.45, 2.75) is 31.3 Å². The number of aromatic nitrogens is 3. The van der Waals surface area contributed by atoms with Crippen LogP contribution in [0.25, 0.3) is 22.5 Å². The lowest BCUT2D eigenvalue weighted by Gasteiger charge is -2.09. The molecule has 3 nitrogen and oxygen atoms in total. The van der Waals surface area contributed by atoms with Crippen molar-refractivity contribution in [2.75, 3.05) is 0 Å². The van der Waals surface area contributed by atoms with Crippen molar-refractivity contribution in [1.82, 2.24) is 14.8 Å². The van der Waals surface area contributed by atoms with E-state index < -0.39 is 0 Å². The standard InChI is InChI=1S/C22H20FN3S2/c1-3-26-21(19-14-27-15(2)20(19)17-7-5-4-6-8-17)24-25-22(26)28-13-16-9-11-18(23)12-10-16/h4-12,14H,3,13H2,1-2H3. The zero-order valence-corrected chi connectivity index (χ0v) is 17.4. The molecular weight excluding hydrogens is 389 g/mol. The molecule has 4 rings (SSSR count). The lowest BCUT2D eigenvalue weighted by molar-refractivity contribution is 0.627. The van der Waals surface area contributed by atoms with E-state index in [-0.39, 0.29) is 5.82 Å². The SMILES string of the molecule is CCn1c(SCc2ccc(F)cc2)nnc1-c1csc(C)c1-c1ccccc1. The molecule has 0 bridgehead atoms. The van der Waals surface area contributed by atoms with Gasteiger partial charge in [0.2, 0.25) is 0 Å². The van der Waals surface area contributed by atoms with Gasteiger partial charge in [0.05, 0.1) is 0 Å². The molecule has 2 aromatic carbocycles. The number of aryl methyl sites for hydroxylation is 1. The van der Waals surface area contributed by atoms with Crippen molar-refractivity contribution in [3.63, 3.8) is 0 Å². The molecule has 28 heavy (non-hydrogen) atoms. The van der Waals surface area contributed by atoms with E-state index in [9.17, 15) is 4.39 Å². The molecule has 142 valence electrons. The van der Waals surface area contributed by atoms with Crippen LogP contribution in [0.15, 0.2) is 65.1 Å². The lowest BCUT2D eigenvalue weighted by Crippen LogP contribution is -2.00. The largest absolute Gasteiger partial charge is 0.302 e. The number of halogens is 1. The number of hydrogen-bond acceptors (Lipinski definition) is 4. The van der Waals surface area contributed by atoms with Gasteiger partial charge in [-0.25, -0.2) is 4.39 Å². The highest BCUT2D eigenvalue weighted by atomic mass is 32.2. The Hall–Kier alpha value is -2.44. The van der Waals surface area contributed by atoms with Gasteiger partial charge >= 0.3 is 0 Å².